The Balaban J connectivity index is 2.20. The van der Waals surface area contributed by atoms with E-state index in [9.17, 15) is 5.11 Å². The lowest BCUT2D eigenvalue weighted by Gasteiger charge is -2.19. The number of nitrogens with one attached hydrogen (secondary N) is 1. The Labute approximate surface area is 75.4 Å². The van der Waals surface area contributed by atoms with Gasteiger partial charge in [-0.3, -0.25) is 5.32 Å². The molecule has 2 heteroatoms. The Bertz CT molecular complexity index is 108. The molecule has 0 spiro atoms. The first-order valence-electron chi connectivity index (χ1n) is 5.27. The van der Waals surface area contributed by atoms with Crippen LogP contribution < -0.4 is 5.32 Å². The highest BCUT2D eigenvalue weighted by molar-refractivity contribution is 4.71. The van der Waals surface area contributed by atoms with Crippen LogP contribution in [0.15, 0.2) is 0 Å². The fourth-order valence-electron chi connectivity index (χ4n) is 1.84. The van der Waals surface area contributed by atoms with Gasteiger partial charge in [-0.25, -0.2) is 0 Å². The van der Waals surface area contributed by atoms with Gasteiger partial charge in [0, 0.05) is 6.04 Å². The predicted octanol–water partition coefficient (Wildman–Crippen LogP) is 2.03. The van der Waals surface area contributed by atoms with Crippen LogP contribution >= 0.6 is 0 Å². The fraction of sp³-hybridized carbons (Fsp3) is 1.00. The first-order chi connectivity index (χ1) is 5.83. The highest BCUT2D eigenvalue weighted by Gasteiger charge is 2.13. The van der Waals surface area contributed by atoms with Crippen LogP contribution in [0.4, 0.5) is 0 Å². The highest BCUT2D eigenvalue weighted by Crippen LogP contribution is 2.17. The van der Waals surface area contributed by atoms with Gasteiger partial charge in [0.2, 0.25) is 0 Å². The minimum Gasteiger partial charge on any atom is -0.379 e. The normalized spacial score (nSPS) is 23.5. The number of rotatable bonds is 3. The van der Waals surface area contributed by atoms with Crippen molar-refractivity contribution in [1.29, 1.82) is 0 Å². The van der Waals surface area contributed by atoms with Crippen LogP contribution in [0.5, 0.6) is 0 Å². The molecule has 1 aliphatic rings. The van der Waals surface area contributed by atoms with Crippen molar-refractivity contribution in [2.75, 3.05) is 0 Å². The van der Waals surface area contributed by atoms with Crippen LogP contribution in [0.3, 0.4) is 0 Å². The predicted molar refractivity (Wildman–Crippen MR) is 50.9 cm³/mol. The van der Waals surface area contributed by atoms with Crippen LogP contribution in [0.25, 0.3) is 0 Å². The molecule has 0 aromatic carbocycles. The maximum Gasteiger partial charge on any atom is 0.104 e. The first-order valence-corrected chi connectivity index (χ1v) is 5.27. The average Bonchev–Trinajstić information content (AvgIpc) is 2.33. The molecule has 0 amide bonds. The van der Waals surface area contributed by atoms with Gasteiger partial charge in [-0.2, -0.15) is 0 Å². The topological polar surface area (TPSA) is 32.3 Å². The number of hydrogen-bond acceptors (Lipinski definition) is 2. The van der Waals surface area contributed by atoms with Gasteiger partial charge in [0.1, 0.15) is 6.23 Å². The average molecular weight is 171 g/mol. The summed E-state index contributed by atoms with van der Waals surface area (Å²) in [6, 6.07) is 0.572. The van der Waals surface area contributed by atoms with E-state index in [0.717, 1.165) is 6.42 Å². The van der Waals surface area contributed by atoms with Crippen LogP contribution in [0, 0.1) is 0 Å². The molecule has 0 radical (unpaired) electrons. The van der Waals surface area contributed by atoms with Crippen LogP contribution in [-0.2, 0) is 0 Å². The fourth-order valence-corrected chi connectivity index (χ4v) is 1.84. The summed E-state index contributed by atoms with van der Waals surface area (Å²) in [7, 11) is 0. The summed E-state index contributed by atoms with van der Waals surface area (Å²) in [6.45, 7) is 2.01. The number of aliphatic hydroxyl groups excluding tert-OH is 1. The molecule has 0 bridgehead atoms. The lowest BCUT2D eigenvalue weighted by atomic mass is 10.1. The van der Waals surface area contributed by atoms with Crippen molar-refractivity contribution in [3.63, 3.8) is 0 Å². The molecular formula is C10H21NO. The van der Waals surface area contributed by atoms with E-state index in [0.29, 0.717) is 6.04 Å². The number of hydrogen-bond donors (Lipinski definition) is 2. The van der Waals surface area contributed by atoms with Crippen molar-refractivity contribution in [3.8, 4) is 0 Å². The van der Waals surface area contributed by atoms with Gasteiger partial charge in [-0.1, -0.05) is 32.6 Å². The van der Waals surface area contributed by atoms with Crippen LogP contribution in [0.1, 0.15) is 51.9 Å². The molecule has 12 heavy (non-hydrogen) atoms. The van der Waals surface area contributed by atoms with Crippen molar-refractivity contribution in [1.82, 2.24) is 5.32 Å². The third-order valence-corrected chi connectivity index (χ3v) is 2.67. The molecule has 2 N–H and O–H groups in total. The van der Waals surface area contributed by atoms with E-state index >= 15 is 0 Å². The molecule has 0 aromatic rings. The summed E-state index contributed by atoms with van der Waals surface area (Å²) in [5.41, 5.74) is 0. The van der Waals surface area contributed by atoms with Gasteiger partial charge in [0.15, 0.2) is 0 Å². The maximum absolute atomic E-state index is 9.39. The third kappa shape index (κ3) is 3.55. The molecule has 0 heterocycles. The van der Waals surface area contributed by atoms with Crippen molar-refractivity contribution in [2.24, 2.45) is 0 Å². The molecule has 72 valence electrons. The quantitative estimate of drug-likeness (QED) is 0.503. The van der Waals surface area contributed by atoms with E-state index in [-0.39, 0.29) is 6.23 Å². The van der Waals surface area contributed by atoms with Crippen molar-refractivity contribution in [3.05, 3.63) is 0 Å². The van der Waals surface area contributed by atoms with E-state index in [1.54, 1.807) is 0 Å². The zero-order valence-corrected chi connectivity index (χ0v) is 8.05. The number of aliphatic hydroxyl groups is 1. The van der Waals surface area contributed by atoms with Crippen LogP contribution in [0.2, 0.25) is 0 Å². The van der Waals surface area contributed by atoms with Gasteiger partial charge >= 0.3 is 0 Å². The van der Waals surface area contributed by atoms with E-state index in [1.807, 2.05) is 6.92 Å². The lowest BCUT2D eigenvalue weighted by Crippen LogP contribution is -2.37. The molecule has 0 saturated heterocycles. The Kier molecular flexibility index (Phi) is 4.62. The van der Waals surface area contributed by atoms with E-state index in [2.05, 4.69) is 5.32 Å². The Hall–Kier alpha value is -0.0800. The van der Waals surface area contributed by atoms with E-state index in [4.69, 9.17) is 0 Å². The molecule has 1 saturated carbocycles. The van der Waals surface area contributed by atoms with Crippen molar-refractivity contribution < 1.29 is 5.11 Å². The summed E-state index contributed by atoms with van der Waals surface area (Å²) < 4.78 is 0. The standard InChI is InChI=1S/C10H21NO/c1-2-10(12)11-9-7-5-3-4-6-8-9/h9-12H,2-8H2,1H3. The van der Waals surface area contributed by atoms with E-state index < -0.39 is 0 Å². The SMILES string of the molecule is CCC(O)NC1CCCCCC1. The third-order valence-electron chi connectivity index (χ3n) is 2.67. The summed E-state index contributed by atoms with van der Waals surface area (Å²) in [5, 5.41) is 12.7. The zero-order valence-electron chi connectivity index (χ0n) is 8.05. The zero-order chi connectivity index (χ0) is 8.81. The van der Waals surface area contributed by atoms with Crippen molar-refractivity contribution in [2.45, 2.75) is 64.1 Å². The monoisotopic (exact) mass is 171 g/mol. The van der Waals surface area contributed by atoms with Gasteiger partial charge in [-0.15, -0.1) is 0 Å². The van der Waals surface area contributed by atoms with Crippen molar-refractivity contribution >= 4 is 0 Å². The second-order valence-electron chi connectivity index (χ2n) is 3.78. The molecule has 1 fully saturated rings. The molecule has 1 atom stereocenters. The van der Waals surface area contributed by atoms with Gasteiger partial charge in [0.25, 0.3) is 0 Å². The molecule has 2 nitrogen and oxygen atoms in total. The highest BCUT2D eigenvalue weighted by atomic mass is 16.3. The minimum absolute atomic E-state index is 0.284. The summed E-state index contributed by atoms with van der Waals surface area (Å²) >= 11 is 0. The maximum atomic E-state index is 9.39. The summed E-state index contributed by atoms with van der Waals surface area (Å²) in [4.78, 5) is 0. The Morgan fingerprint density at radius 1 is 1.25 bits per heavy atom. The summed E-state index contributed by atoms with van der Waals surface area (Å²) in [5.74, 6) is 0. The second kappa shape index (κ2) is 5.55. The molecule has 0 aliphatic heterocycles. The minimum atomic E-state index is -0.284. The Morgan fingerprint density at radius 2 is 1.83 bits per heavy atom. The molecule has 1 rings (SSSR count). The second-order valence-corrected chi connectivity index (χ2v) is 3.78. The Morgan fingerprint density at radius 3 is 2.33 bits per heavy atom. The van der Waals surface area contributed by atoms with Gasteiger partial charge < -0.3 is 5.11 Å². The van der Waals surface area contributed by atoms with Gasteiger partial charge in [0.05, 0.1) is 0 Å². The lowest BCUT2D eigenvalue weighted by molar-refractivity contribution is 0.114. The summed E-state index contributed by atoms with van der Waals surface area (Å²) in [6.07, 6.45) is 8.43. The molecule has 0 aromatic heterocycles. The van der Waals surface area contributed by atoms with Gasteiger partial charge in [-0.05, 0) is 19.3 Å². The smallest absolute Gasteiger partial charge is 0.104 e. The van der Waals surface area contributed by atoms with E-state index in [1.165, 1.54) is 38.5 Å². The largest absolute Gasteiger partial charge is 0.379 e. The first kappa shape index (κ1) is 10.0. The molecule has 1 aliphatic carbocycles. The molecule has 1 unspecified atom stereocenters. The van der Waals surface area contributed by atoms with Crippen LogP contribution in [-0.4, -0.2) is 17.4 Å². The molecular weight excluding hydrogens is 150 g/mol.